The summed E-state index contributed by atoms with van der Waals surface area (Å²) < 4.78 is 2.06. The minimum atomic E-state index is 0.852. The van der Waals surface area contributed by atoms with Crippen LogP contribution in [0.2, 0.25) is 0 Å². The van der Waals surface area contributed by atoms with Gasteiger partial charge in [0.1, 0.15) is 0 Å². The van der Waals surface area contributed by atoms with Gasteiger partial charge in [0.05, 0.1) is 12.2 Å². The molecule has 0 amide bonds. The van der Waals surface area contributed by atoms with Gasteiger partial charge in [-0.25, -0.2) is 0 Å². The molecule has 0 fully saturated rings. The van der Waals surface area contributed by atoms with E-state index in [1.54, 1.807) is 0 Å². The summed E-state index contributed by atoms with van der Waals surface area (Å²) in [4.78, 5) is 0. The van der Waals surface area contributed by atoms with E-state index in [1.807, 2.05) is 0 Å². The number of aromatic nitrogens is 2. The summed E-state index contributed by atoms with van der Waals surface area (Å²) in [5, 5.41) is 8.00. The zero-order chi connectivity index (χ0) is 14.7. The van der Waals surface area contributed by atoms with Gasteiger partial charge in [0.15, 0.2) is 0 Å². The van der Waals surface area contributed by atoms with E-state index in [0.29, 0.717) is 0 Å². The number of aryl methyl sites for hydroxylation is 4. The van der Waals surface area contributed by atoms with E-state index in [9.17, 15) is 0 Å². The molecule has 1 N–H and O–H groups in total. The SMILES string of the molecule is CCNCc1cn(Cc2c(C)cc(C)cc2C)nc1C. The normalized spacial score (nSPS) is 11.1. The standard InChI is InChI=1S/C17H25N3/c1-6-18-9-16-10-20(19-15(16)5)11-17-13(3)7-12(2)8-14(17)4/h7-8,10,18H,6,9,11H2,1-5H3. The summed E-state index contributed by atoms with van der Waals surface area (Å²) in [5.41, 5.74) is 7.82. The second-order valence-corrected chi connectivity index (χ2v) is 5.59. The van der Waals surface area contributed by atoms with E-state index in [-0.39, 0.29) is 0 Å². The van der Waals surface area contributed by atoms with Crippen LogP contribution in [0.1, 0.15) is 40.4 Å². The van der Waals surface area contributed by atoms with E-state index in [0.717, 1.165) is 25.3 Å². The van der Waals surface area contributed by atoms with Crippen molar-refractivity contribution in [2.75, 3.05) is 6.54 Å². The molecule has 0 spiro atoms. The number of nitrogens with one attached hydrogen (secondary N) is 1. The lowest BCUT2D eigenvalue weighted by molar-refractivity contribution is 0.672. The lowest BCUT2D eigenvalue weighted by Crippen LogP contribution is -2.11. The van der Waals surface area contributed by atoms with E-state index in [2.05, 4.69) is 68.0 Å². The molecular formula is C17H25N3. The second kappa shape index (κ2) is 6.23. The van der Waals surface area contributed by atoms with Crippen molar-refractivity contribution in [3.05, 3.63) is 51.8 Å². The van der Waals surface area contributed by atoms with Gasteiger partial charge in [0, 0.05) is 18.3 Å². The van der Waals surface area contributed by atoms with E-state index < -0.39 is 0 Å². The zero-order valence-electron chi connectivity index (χ0n) is 13.2. The molecular weight excluding hydrogens is 246 g/mol. The second-order valence-electron chi connectivity index (χ2n) is 5.59. The largest absolute Gasteiger partial charge is 0.313 e. The van der Waals surface area contributed by atoms with Crippen molar-refractivity contribution in [2.24, 2.45) is 0 Å². The van der Waals surface area contributed by atoms with Gasteiger partial charge in [-0.2, -0.15) is 5.10 Å². The summed E-state index contributed by atoms with van der Waals surface area (Å²) in [6, 6.07) is 4.50. The maximum absolute atomic E-state index is 4.64. The highest BCUT2D eigenvalue weighted by molar-refractivity contribution is 5.37. The third-order valence-corrected chi connectivity index (χ3v) is 3.77. The van der Waals surface area contributed by atoms with Gasteiger partial charge in [0.2, 0.25) is 0 Å². The highest BCUT2D eigenvalue weighted by atomic mass is 15.3. The van der Waals surface area contributed by atoms with E-state index in [4.69, 9.17) is 0 Å². The van der Waals surface area contributed by atoms with Crippen molar-refractivity contribution in [1.29, 1.82) is 0 Å². The van der Waals surface area contributed by atoms with Crippen molar-refractivity contribution in [3.8, 4) is 0 Å². The van der Waals surface area contributed by atoms with Gasteiger partial charge < -0.3 is 5.32 Å². The molecule has 2 rings (SSSR count). The van der Waals surface area contributed by atoms with E-state index in [1.165, 1.54) is 27.8 Å². The summed E-state index contributed by atoms with van der Waals surface area (Å²) in [6.45, 7) is 13.5. The first kappa shape index (κ1) is 14.8. The summed E-state index contributed by atoms with van der Waals surface area (Å²) in [5.74, 6) is 0. The molecule has 0 atom stereocenters. The highest BCUT2D eigenvalue weighted by Gasteiger charge is 2.08. The van der Waals surface area contributed by atoms with Crippen molar-refractivity contribution in [2.45, 2.75) is 47.7 Å². The van der Waals surface area contributed by atoms with Gasteiger partial charge in [-0.3, -0.25) is 4.68 Å². The van der Waals surface area contributed by atoms with Crippen LogP contribution in [0.15, 0.2) is 18.3 Å². The first-order valence-electron chi connectivity index (χ1n) is 7.31. The Morgan fingerprint density at radius 3 is 2.35 bits per heavy atom. The molecule has 0 radical (unpaired) electrons. The monoisotopic (exact) mass is 271 g/mol. The van der Waals surface area contributed by atoms with Crippen molar-refractivity contribution in [3.63, 3.8) is 0 Å². The van der Waals surface area contributed by atoms with Gasteiger partial charge in [-0.1, -0.05) is 24.6 Å². The minimum absolute atomic E-state index is 0.852. The number of benzene rings is 1. The van der Waals surface area contributed by atoms with Crippen LogP contribution in [0.3, 0.4) is 0 Å². The Kier molecular flexibility index (Phi) is 4.61. The van der Waals surface area contributed by atoms with Crippen LogP contribution in [-0.4, -0.2) is 16.3 Å². The van der Waals surface area contributed by atoms with Crippen LogP contribution in [0.4, 0.5) is 0 Å². The molecule has 0 aliphatic carbocycles. The predicted molar refractivity (Wildman–Crippen MR) is 84.1 cm³/mol. The molecule has 0 unspecified atom stereocenters. The molecule has 0 aliphatic rings. The summed E-state index contributed by atoms with van der Waals surface area (Å²) in [6.07, 6.45) is 2.16. The first-order valence-corrected chi connectivity index (χ1v) is 7.31. The Labute approximate surface area is 122 Å². The van der Waals surface area contributed by atoms with Crippen LogP contribution in [0.25, 0.3) is 0 Å². The van der Waals surface area contributed by atoms with Gasteiger partial charge in [-0.15, -0.1) is 0 Å². The molecule has 3 heteroatoms. The van der Waals surface area contributed by atoms with Crippen LogP contribution < -0.4 is 5.32 Å². The van der Waals surface area contributed by atoms with Gasteiger partial charge >= 0.3 is 0 Å². The molecule has 1 heterocycles. The Balaban J connectivity index is 2.22. The lowest BCUT2D eigenvalue weighted by Gasteiger charge is -2.11. The Morgan fingerprint density at radius 2 is 1.75 bits per heavy atom. The van der Waals surface area contributed by atoms with Crippen LogP contribution in [-0.2, 0) is 13.1 Å². The molecule has 20 heavy (non-hydrogen) atoms. The van der Waals surface area contributed by atoms with Crippen LogP contribution in [0, 0.1) is 27.7 Å². The Morgan fingerprint density at radius 1 is 1.10 bits per heavy atom. The fraction of sp³-hybridized carbons (Fsp3) is 0.471. The predicted octanol–water partition coefficient (Wildman–Crippen LogP) is 3.27. The smallest absolute Gasteiger partial charge is 0.0664 e. The molecule has 108 valence electrons. The zero-order valence-corrected chi connectivity index (χ0v) is 13.2. The molecule has 1 aromatic carbocycles. The molecule has 0 aliphatic heterocycles. The van der Waals surface area contributed by atoms with Gasteiger partial charge in [-0.05, 0) is 50.9 Å². The lowest BCUT2D eigenvalue weighted by atomic mass is 10.00. The third-order valence-electron chi connectivity index (χ3n) is 3.77. The average Bonchev–Trinajstić information content (AvgIpc) is 2.71. The summed E-state index contributed by atoms with van der Waals surface area (Å²) in [7, 11) is 0. The maximum Gasteiger partial charge on any atom is 0.0664 e. The van der Waals surface area contributed by atoms with Gasteiger partial charge in [0.25, 0.3) is 0 Å². The maximum atomic E-state index is 4.64. The molecule has 3 nitrogen and oxygen atoms in total. The average molecular weight is 271 g/mol. The highest BCUT2D eigenvalue weighted by Crippen LogP contribution is 2.18. The molecule has 2 aromatic rings. The van der Waals surface area contributed by atoms with Crippen molar-refractivity contribution in [1.82, 2.24) is 15.1 Å². The van der Waals surface area contributed by atoms with Crippen LogP contribution in [0.5, 0.6) is 0 Å². The number of hydrogen-bond donors (Lipinski definition) is 1. The fourth-order valence-electron chi connectivity index (χ4n) is 2.69. The van der Waals surface area contributed by atoms with Crippen molar-refractivity contribution < 1.29 is 0 Å². The first-order chi connectivity index (χ1) is 9.51. The minimum Gasteiger partial charge on any atom is -0.313 e. The molecule has 1 aromatic heterocycles. The van der Waals surface area contributed by atoms with Crippen LogP contribution >= 0.6 is 0 Å². The molecule has 0 saturated carbocycles. The molecule has 0 bridgehead atoms. The van der Waals surface area contributed by atoms with Crippen molar-refractivity contribution >= 4 is 0 Å². The Hall–Kier alpha value is -1.61. The topological polar surface area (TPSA) is 29.9 Å². The third kappa shape index (κ3) is 3.28. The van der Waals surface area contributed by atoms with E-state index >= 15 is 0 Å². The number of hydrogen-bond acceptors (Lipinski definition) is 2. The number of nitrogens with zero attached hydrogens (tertiary/aromatic N) is 2. The fourth-order valence-corrected chi connectivity index (χ4v) is 2.69. The quantitative estimate of drug-likeness (QED) is 0.904. The molecule has 0 saturated heterocycles. The number of rotatable bonds is 5. The Bertz CT molecular complexity index is 573. The summed E-state index contributed by atoms with van der Waals surface area (Å²) >= 11 is 0.